The highest BCUT2D eigenvalue weighted by molar-refractivity contribution is 6.42. The van der Waals surface area contributed by atoms with E-state index in [4.69, 9.17) is 37.8 Å². The van der Waals surface area contributed by atoms with Crippen molar-refractivity contribution in [1.29, 1.82) is 0 Å². The summed E-state index contributed by atoms with van der Waals surface area (Å²) in [5, 5.41) is 5.65. The van der Waals surface area contributed by atoms with E-state index in [9.17, 15) is 4.79 Å². The topological polar surface area (TPSA) is 85.1 Å². The summed E-state index contributed by atoms with van der Waals surface area (Å²) in [6.45, 7) is 2.50. The molecule has 2 aliphatic rings. The lowest BCUT2D eigenvalue weighted by atomic mass is 10.1. The first-order valence-corrected chi connectivity index (χ1v) is 11.4. The first-order valence-electron chi connectivity index (χ1n) is 10.7. The molecule has 0 radical (unpaired) electrons. The second-order valence-electron chi connectivity index (χ2n) is 7.93. The minimum absolute atomic E-state index is 0.0375. The Labute approximate surface area is 204 Å². The molecule has 0 atom stereocenters. The number of carbonyl (C=O) groups excluding carboxylic acids is 1. The second kappa shape index (κ2) is 8.34. The fourth-order valence-corrected chi connectivity index (χ4v) is 4.41. The van der Waals surface area contributed by atoms with E-state index >= 15 is 0 Å². The zero-order valence-corrected chi connectivity index (χ0v) is 19.3. The number of carbonyl (C=O) groups is 1. The Kier molecular flexibility index (Phi) is 5.15. The zero-order valence-electron chi connectivity index (χ0n) is 17.8. The molecular weight excluding hydrogens is 479 g/mol. The van der Waals surface area contributed by atoms with E-state index < -0.39 is 0 Å². The first kappa shape index (κ1) is 21.0. The van der Waals surface area contributed by atoms with Crippen molar-refractivity contribution < 1.29 is 14.3 Å². The van der Waals surface area contributed by atoms with E-state index in [-0.39, 0.29) is 12.7 Å². The second-order valence-corrected chi connectivity index (χ2v) is 8.74. The molecule has 1 fully saturated rings. The van der Waals surface area contributed by atoms with Gasteiger partial charge in [-0.1, -0.05) is 29.3 Å². The van der Waals surface area contributed by atoms with Gasteiger partial charge in [0.15, 0.2) is 11.5 Å². The monoisotopic (exact) mass is 496 g/mol. The fourth-order valence-electron chi connectivity index (χ4n) is 4.11. The summed E-state index contributed by atoms with van der Waals surface area (Å²) in [6, 6.07) is 12.5. The summed E-state index contributed by atoms with van der Waals surface area (Å²) in [7, 11) is 0. The lowest BCUT2D eigenvalue weighted by Crippen LogP contribution is -2.49. The number of fused-ring (bicyclic) bond motifs is 2. The Morgan fingerprint density at radius 1 is 0.912 bits per heavy atom. The molecule has 0 N–H and O–H groups in total. The molecule has 2 aromatic carbocycles. The van der Waals surface area contributed by atoms with Crippen LogP contribution in [-0.4, -0.2) is 63.4 Å². The van der Waals surface area contributed by atoms with Crippen LogP contribution in [0.25, 0.3) is 17.0 Å². The van der Waals surface area contributed by atoms with Crippen molar-refractivity contribution in [2.45, 2.75) is 0 Å². The quantitative estimate of drug-likeness (QED) is 0.426. The van der Waals surface area contributed by atoms with Crippen molar-refractivity contribution in [3.63, 3.8) is 0 Å². The fraction of sp³-hybridized carbons (Fsp3) is 0.217. The van der Waals surface area contributed by atoms with E-state index in [2.05, 4.69) is 14.9 Å². The number of piperazine rings is 1. The van der Waals surface area contributed by atoms with Crippen LogP contribution in [-0.2, 0) is 0 Å². The number of aromatic nitrogens is 4. The van der Waals surface area contributed by atoms with Gasteiger partial charge in [0, 0.05) is 43.5 Å². The number of benzene rings is 2. The van der Waals surface area contributed by atoms with Crippen LogP contribution in [0.3, 0.4) is 0 Å². The molecule has 6 rings (SSSR count). The Hall–Kier alpha value is -3.56. The van der Waals surface area contributed by atoms with Crippen molar-refractivity contribution in [2.24, 2.45) is 0 Å². The molecule has 1 amide bonds. The summed E-state index contributed by atoms with van der Waals surface area (Å²) in [5.74, 6) is 2.27. The predicted molar refractivity (Wildman–Crippen MR) is 127 cm³/mol. The molecule has 1 saturated heterocycles. The van der Waals surface area contributed by atoms with Crippen LogP contribution in [0.15, 0.2) is 48.7 Å². The highest BCUT2D eigenvalue weighted by Gasteiger charge is 2.26. The van der Waals surface area contributed by atoms with Crippen LogP contribution in [0, 0.1) is 0 Å². The average molecular weight is 497 g/mol. The maximum absolute atomic E-state index is 13.0. The number of halogens is 2. The third-order valence-electron chi connectivity index (χ3n) is 5.91. The van der Waals surface area contributed by atoms with E-state index in [0.717, 1.165) is 11.3 Å². The molecule has 0 saturated carbocycles. The van der Waals surface area contributed by atoms with Crippen LogP contribution in [0.2, 0.25) is 10.0 Å². The van der Waals surface area contributed by atoms with Gasteiger partial charge in [-0.25, -0.2) is 4.98 Å². The largest absolute Gasteiger partial charge is 0.454 e. The third kappa shape index (κ3) is 3.66. The first-order chi connectivity index (χ1) is 16.6. The molecule has 0 aliphatic carbocycles. The zero-order chi connectivity index (χ0) is 23.2. The van der Waals surface area contributed by atoms with Crippen molar-refractivity contribution in [2.75, 3.05) is 37.9 Å². The number of rotatable bonds is 3. The predicted octanol–water partition coefficient (Wildman–Crippen LogP) is 3.79. The van der Waals surface area contributed by atoms with E-state index in [0.29, 0.717) is 65.0 Å². The van der Waals surface area contributed by atoms with Gasteiger partial charge in [0.1, 0.15) is 0 Å². The van der Waals surface area contributed by atoms with Gasteiger partial charge >= 0.3 is 0 Å². The Bertz CT molecular complexity index is 1420. The summed E-state index contributed by atoms with van der Waals surface area (Å²) in [4.78, 5) is 25.8. The Morgan fingerprint density at radius 2 is 1.74 bits per heavy atom. The molecule has 0 bridgehead atoms. The lowest BCUT2D eigenvalue weighted by Gasteiger charge is -2.34. The number of hydrogen-bond acceptors (Lipinski definition) is 7. The molecular formula is C23H18Cl2N6O3. The van der Waals surface area contributed by atoms with Gasteiger partial charge < -0.3 is 19.3 Å². The molecule has 0 spiro atoms. The molecule has 4 aromatic rings. The summed E-state index contributed by atoms with van der Waals surface area (Å²) >= 11 is 12.3. The maximum atomic E-state index is 13.0. The van der Waals surface area contributed by atoms with Gasteiger partial charge in [-0.05, 0) is 36.4 Å². The minimum atomic E-state index is -0.0375. The van der Waals surface area contributed by atoms with Crippen LogP contribution >= 0.6 is 23.2 Å². The van der Waals surface area contributed by atoms with Crippen LogP contribution in [0.5, 0.6) is 11.5 Å². The van der Waals surface area contributed by atoms with Crippen LogP contribution < -0.4 is 14.4 Å². The average Bonchev–Trinajstić information content (AvgIpc) is 3.52. The van der Waals surface area contributed by atoms with Gasteiger partial charge in [-0.2, -0.15) is 9.50 Å². The van der Waals surface area contributed by atoms with Gasteiger partial charge in [0.25, 0.3) is 11.7 Å². The highest BCUT2D eigenvalue weighted by Crippen LogP contribution is 2.33. The normalized spacial score (nSPS) is 15.2. The Morgan fingerprint density at radius 3 is 2.56 bits per heavy atom. The number of anilines is 1. The lowest BCUT2D eigenvalue weighted by molar-refractivity contribution is 0.0746. The summed E-state index contributed by atoms with van der Waals surface area (Å²) < 4.78 is 12.4. The van der Waals surface area contributed by atoms with E-state index in [1.807, 2.05) is 17.0 Å². The van der Waals surface area contributed by atoms with Crippen molar-refractivity contribution in [3.05, 3.63) is 64.3 Å². The van der Waals surface area contributed by atoms with Crippen LogP contribution in [0.1, 0.15) is 10.4 Å². The molecule has 172 valence electrons. The maximum Gasteiger partial charge on any atom is 0.254 e. The van der Waals surface area contributed by atoms with E-state index in [1.54, 1.807) is 41.0 Å². The number of ether oxygens (including phenoxy) is 2. The van der Waals surface area contributed by atoms with Gasteiger partial charge in [-0.15, -0.1) is 5.10 Å². The molecule has 2 aliphatic heterocycles. The van der Waals surface area contributed by atoms with Gasteiger partial charge in [-0.3, -0.25) is 4.79 Å². The number of nitrogens with zero attached hydrogens (tertiary/aromatic N) is 6. The molecule has 0 unspecified atom stereocenters. The molecule has 9 nitrogen and oxygen atoms in total. The molecule has 4 heterocycles. The standard InChI is InChI=1S/C23H18Cl2N6O3/c24-16-3-1-14(11-17(16)25)18-5-6-26-22-27-23(28-31(18)22)30-9-7-29(8-10-30)21(32)15-2-4-19-20(12-15)34-13-33-19/h1-6,11-12H,7-10,13H2. The SMILES string of the molecule is O=C(c1ccc2c(c1)OCO2)N1CCN(c2nc3nccc(-c4ccc(Cl)c(Cl)c4)n3n2)CC1. The van der Waals surface area contributed by atoms with Crippen LogP contribution in [0.4, 0.5) is 5.95 Å². The third-order valence-corrected chi connectivity index (χ3v) is 6.65. The van der Waals surface area contributed by atoms with Gasteiger partial charge in [0.05, 0.1) is 15.7 Å². The smallest absolute Gasteiger partial charge is 0.254 e. The van der Waals surface area contributed by atoms with E-state index in [1.165, 1.54) is 0 Å². The summed E-state index contributed by atoms with van der Waals surface area (Å²) in [6.07, 6.45) is 1.69. The van der Waals surface area contributed by atoms with Crippen molar-refractivity contribution >= 4 is 40.8 Å². The number of amides is 1. The number of hydrogen-bond donors (Lipinski definition) is 0. The Balaban J connectivity index is 1.20. The van der Waals surface area contributed by atoms with Crippen molar-refractivity contribution in [3.8, 4) is 22.8 Å². The minimum Gasteiger partial charge on any atom is -0.454 e. The van der Waals surface area contributed by atoms with Gasteiger partial charge in [0.2, 0.25) is 12.7 Å². The highest BCUT2D eigenvalue weighted by atomic mass is 35.5. The van der Waals surface area contributed by atoms with Crippen molar-refractivity contribution in [1.82, 2.24) is 24.5 Å². The molecule has 2 aromatic heterocycles. The summed E-state index contributed by atoms with van der Waals surface area (Å²) in [5.41, 5.74) is 2.25. The molecule has 34 heavy (non-hydrogen) atoms. The molecule has 11 heteroatoms.